The van der Waals surface area contributed by atoms with Crippen LogP contribution in [-0.2, 0) is 6.61 Å². The molecule has 0 fully saturated rings. The highest BCUT2D eigenvalue weighted by atomic mass is 16.5. The van der Waals surface area contributed by atoms with E-state index in [2.05, 4.69) is 26.0 Å². The molecule has 0 aromatic heterocycles. The summed E-state index contributed by atoms with van der Waals surface area (Å²) in [4.78, 5) is 12.8. The summed E-state index contributed by atoms with van der Waals surface area (Å²) in [6.07, 6.45) is 1.80. The van der Waals surface area contributed by atoms with Crippen LogP contribution in [0, 0.1) is 6.92 Å². The van der Waals surface area contributed by atoms with Crippen LogP contribution in [0.25, 0.3) is 6.08 Å². The summed E-state index contributed by atoms with van der Waals surface area (Å²) in [5, 5.41) is 0. The normalized spacial score (nSPS) is 14.2. The molecule has 3 heteroatoms. The first-order valence-electron chi connectivity index (χ1n) is 9.87. The summed E-state index contributed by atoms with van der Waals surface area (Å²) in [6, 6.07) is 21.8. The van der Waals surface area contributed by atoms with E-state index in [1.54, 1.807) is 12.1 Å². The quantitative estimate of drug-likeness (QED) is 0.483. The summed E-state index contributed by atoms with van der Waals surface area (Å²) >= 11 is 0. The van der Waals surface area contributed by atoms with Gasteiger partial charge in [0, 0.05) is 5.56 Å². The Labute approximate surface area is 171 Å². The number of hydrogen-bond donors (Lipinski definition) is 0. The van der Waals surface area contributed by atoms with Gasteiger partial charge in [-0.15, -0.1) is 0 Å². The van der Waals surface area contributed by atoms with Crippen LogP contribution in [-0.4, -0.2) is 5.78 Å². The smallest absolute Gasteiger partial charge is 0.231 e. The highest BCUT2D eigenvalue weighted by Gasteiger charge is 2.30. The van der Waals surface area contributed by atoms with Crippen molar-refractivity contribution in [2.45, 2.75) is 33.3 Å². The third-order valence-corrected chi connectivity index (χ3v) is 5.17. The average molecular weight is 384 g/mol. The van der Waals surface area contributed by atoms with Gasteiger partial charge in [0.1, 0.15) is 18.1 Å². The van der Waals surface area contributed by atoms with Crippen molar-refractivity contribution in [2.75, 3.05) is 0 Å². The van der Waals surface area contributed by atoms with E-state index in [1.807, 2.05) is 55.5 Å². The summed E-state index contributed by atoms with van der Waals surface area (Å²) in [5.74, 6) is 2.04. The molecular formula is C26H24O3. The van der Waals surface area contributed by atoms with E-state index >= 15 is 0 Å². The van der Waals surface area contributed by atoms with Gasteiger partial charge in [-0.05, 0) is 47.7 Å². The fourth-order valence-electron chi connectivity index (χ4n) is 3.39. The van der Waals surface area contributed by atoms with Gasteiger partial charge in [-0.3, -0.25) is 4.79 Å². The van der Waals surface area contributed by atoms with E-state index < -0.39 is 0 Å². The third kappa shape index (κ3) is 3.95. The largest absolute Gasteiger partial charge is 0.488 e. The van der Waals surface area contributed by atoms with Gasteiger partial charge < -0.3 is 9.47 Å². The van der Waals surface area contributed by atoms with Crippen molar-refractivity contribution >= 4 is 11.9 Å². The average Bonchev–Trinajstić information content (AvgIpc) is 3.05. The minimum absolute atomic E-state index is 0.0920. The first kappa shape index (κ1) is 19.0. The summed E-state index contributed by atoms with van der Waals surface area (Å²) in [6.45, 7) is 6.72. The summed E-state index contributed by atoms with van der Waals surface area (Å²) in [7, 11) is 0. The number of ketones is 1. The van der Waals surface area contributed by atoms with Gasteiger partial charge >= 0.3 is 0 Å². The van der Waals surface area contributed by atoms with Gasteiger partial charge in [0.25, 0.3) is 0 Å². The minimum atomic E-state index is -0.0920. The van der Waals surface area contributed by atoms with Crippen LogP contribution in [0.5, 0.6) is 11.5 Å². The van der Waals surface area contributed by atoms with E-state index in [1.165, 1.54) is 5.56 Å². The molecule has 29 heavy (non-hydrogen) atoms. The van der Waals surface area contributed by atoms with Gasteiger partial charge in [-0.2, -0.15) is 0 Å². The molecule has 146 valence electrons. The predicted octanol–water partition coefficient (Wildman–Crippen LogP) is 6.31. The van der Waals surface area contributed by atoms with Gasteiger partial charge in [-0.25, -0.2) is 0 Å². The first-order chi connectivity index (χ1) is 14.0. The van der Waals surface area contributed by atoms with E-state index in [9.17, 15) is 4.79 Å². The van der Waals surface area contributed by atoms with E-state index in [4.69, 9.17) is 9.47 Å². The molecular weight excluding hydrogens is 360 g/mol. The van der Waals surface area contributed by atoms with Crippen molar-refractivity contribution in [3.8, 4) is 11.5 Å². The second-order valence-corrected chi connectivity index (χ2v) is 7.60. The van der Waals surface area contributed by atoms with Crippen molar-refractivity contribution in [3.63, 3.8) is 0 Å². The Hall–Kier alpha value is -3.33. The number of allylic oxidation sites excluding steroid dienone is 1. The third-order valence-electron chi connectivity index (χ3n) is 5.17. The molecule has 0 unspecified atom stereocenters. The number of rotatable bonds is 5. The Morgan fingerprint density at radius 3 is 2.38 bits per heavy atom. The summed E-state index contributed by atoms with van der Waals surface area (Å²) in [5.41, 5.74) is 4.73. The Morgan fingerprint density at radius 1 is 0.966 bits per heavy atom. The molecule has 3 aromatic carbocycles. The maximum Gasteiger partial charge on any atom is 0.231 e. The second kappa shape index (κ2) is 7.96. The Morgan fingerprint density at radius 2 is 1.69 bits per heavy atom. The Balaban J connectivity index is 1.55. The van der Waals surface area contributed by atoms with Crippen LogP contribution in [0.3, 0.4) is 0 Å². The fraction of sp³-hybridized carbons (Fsp3) is 0.192. The van der Waals surface area contributed by atoms with Gasteiger partial charge in [0.2, 0.25) is 5.78 Å². The lowest BCUT2D eigenvalue weighted by molar-refractivity contribution is 0.101. The van der Waals surface area contributed by atoms with Crippen molar-refractivity contribution < 1.29 is 14.3 Å². The molecule has 0 saturated heterocycles. The lowest BCUT2D eigenvalue weighted by Gasteiger charge is -2.11. The SMILES string of the molecule is Cc1c(OCc2ccccc2)ccc2c1O/C(=C\c1ccc(C(C)C)cc1)C2=O. The maximum absolute atomic E-state index is 12.8. The lowest BCUT2D eigenvalue weighted by atomic mass is 10.0. The molecule has 0 saturated carbocycles. The molecule has 3 nitrogen and oxygen atoms in total. The topological polar surface area (TPSA) is 35.5 Å². The zero-order valence-corrected chi connectivity index (χ0v) is 16.9. The molecule has 1 heterocycles. The lowest BCUT2D eigenvalue weighted by Crippen LogP contribution is -1.98. The highest BCUT2D eigenvalue weighted by Crippen LogP contribution is 2.39. The number of fused-ring (bicyclic) bond motifs is 1. The molecule has 0 radical (unpaired) electrons. The molecule has 0 atom stereocenters. The minimum Gasteiger partial charge on any atom is -0.488 e. The van der Waals surface area contributed by atoms with E-state index in [0.29, 0.717) is 29.6 Å². The number of ether oxygens (including phenoxy) is 2. The number of carbonyl (C=O) groups is 1. The number of Topliss-reactive ketones (excluding diaryl/α,β-unsaturated/α-hetero) is 1. The Bertz CT molecular complexity index is 1060. The van der Waals surface area contributed by atoms with Crippen LogP contribution < -0.4 is 9.47 Å². The van der Waals surface area contributed by atoms with Crippen LogP contribution >= 0.6 is 0 Å². The van der Waals surface area contributed by atoms with Gasteiger partial charge in [0.15, 0.2) is 5.76 Å². The summed E-state index contributed by atoms with van der Waals surface area (Å²) < 4.78 is 11.9. The van der Waals surface area contributed by atoms with E-state index in [-0.39, 0.29) is 5.78 Å². The van der Waals surface area contributed by atoms with Crippen molar-refractivity contribution in [1.82, 2.24) is 0 Å². The van der Waals surface area contributed by atoms with Crippen LogP contribution in [0.1, 0.15) is 52.4 Å². The van der Waals surface area contributed by atoms with Crippen LogP contribution in [0.4, 0.5) is 0 Å². The molecule has 0 bridgehead atoms. The standard InChI is InChI=1S/C26H24O3/c1-17(2)21-11-9-19(10-12-21)15-24-25(27)22-13-14-23(18(3)26(22)29-24)28-16-20-7-5-4-6-8-20/h4-15,17H,16H2,1-3H3/b24-15-. The number of carbonyl (C=O) groups excluding carboxylic acids is 1. The van der Waals surface area contributed by atoms with Crippen molar-refractivity contribution in [1.29, 1.82) is 0 Å². The van der Waals surface area contributed by atoms with Crippen molar-refractivity contribution in [2.24, 2.45) is 0 Å². The zero-order valence-electron chi connectivity index (χ0n) is 16.9. The fourth-order valence-corrected chi connectivity index (χ4v) is 3.39. The number of hydrogen-bond acceptors (Lipinski definition) is 3. The monoisotopic (exact) mass is 384 g/mol. The maximum atomic E-state index is 12.8. The van der Waals surface area contributed by atoms with Gasteiger partial charge in [0.05, 0.1) is 5.56 Å². The van der Waals surface area contributed by atoms with Crippen LogP contribution in [0.2, 0.25) is 0 Å². The van der Waals surface area contributed by atoms with E-state index in [0.717, 1.165) is 22.4 Å². The van der Waals surface area contributed by atoms with Crippen molar-refractivity contribution in [3.05, 3.63) is 100 Å². The molecule has 0 aliphatic carbocycles. The molecule has 0 N–H and O–H groups in total. The molecule has 4 rings (SSSR count). The second-order valence-electron chi connectivity index (χ2n) is 7.60. The number of benzene rings is 3. The van der Waals surface area contributed by atoms with Gasteiger partial charge in [-0.1, -0.05) is 68.4 Å². The zero-order chi connectivity index (χ0) is 20.4. The molecule has 0 spiro atoms. The molecule has 1 aliphatic rings. The Kier molecular flexibility index (Phi) is 5.22. The molecule has 3 aromatic rings. The first-order valence-corrected chi connectivity index (χ1v) is 9.87. The highest BCUT2D eigenvalue weighted by molar-refractivity contribution is 6.14. The molecule has 0 amide bonds. The molecule has 1 aliphatic heterocycles. The van der Waals surface area contributed by atoms with Crippen LogP contribution in [0.15, 0.2) is 72.5 Å². The predicted molar refractivity (Wildman–Crippen MR) is 115 cm³/mol.